The van der Waals surface area contributed by atoms with E-state index < -0.39 is 6.10 Å². The van der Waals surface area contributed by atoms with Crippen molar-refractivity contribution < 1.29 is 18.3 Å². The highest BCUT2D eigenvalue weighted by molar-refractivity contribution is 5.81. The van der Waals surface area contributed by atoms with Crippen LogP contribution < -0.4 is 10.1 Å². The van der Waals surface area contributed by atoms with Gasteiger partial charge >= 0.3 is 0 Å². The number of benzene rings is 2. The van der Waals surface area contributed by atoms with Gasteiger partial charge in [0.1, 0.15) is 17.4 Å². The maximum absolute atomic E-state index is 12.9. The van der Waals surface area contributed by atoms with Crippen LogP contribution in [0.2, 0.25) is 0 Å². The largest absolute Gasteiger partial charge is 0.481 e. The molecular weight excluding hydrogens is 312 g/mol. The first-order valence-corrected chi connectivity index (χ1v) is 8.03. The van der Waals surface area contributed by atoms with Crippen molar-refractivity contribution in [2.75, 3.05) is 6.54 Å². The molecular formula is C19H21F2NO2. The fourth-order valence-corrected chi connectivity index (χ4v) is 2.27. The summed E-state index contributed by atoms with van der Waals surface area (Å²) in [5, 5.41) is 2.83. The highest BCUT2D eigenvalue weighted by atomic mass is 19.1. The normalized spacial score (nSPS) is 11.8. The van der Waals surface area contributed by atoms with Gasteiger partial charge in [0.2, 0.25) is 0 Å². The molecule has 0 saturated heterocycles. The van der Waals surface area contributed by atoms with E-state index in [0.717, 1.165) is 18.4 Å². The van der Waals surface area contributed by atoms with Crippen molar-refractivity contribution in [3.8, 4) is 5.75 Å². The summed E-state index contributed by atoms with van der Waals surface area (Å²) in [6.45, 7) is 2.37. The minimum atomic E-state index is -0.610. The van der Waals surface area contributed by atoms with Crippen LogP contribution in [0.3, 0.4) is 0 Å². The number of hydrogen-bond acceptors (Lipinski definition) is 2. The molecule has 0 aliphatic heterocycles. The van der Waals surface area contributed by atoms with Crippen LogP contribution in [0.15, 0.2) is 48.5 Å². The Morgan fingerprint density at radius 2 is 1.62 bits per heavy atom. The molecule has 2 aromatic rings. The van der Waals surface area contributed by atoms with Gasteiger partial charge in [-0.15, -0.1) is 0 Å². The SMILES string of the molecule is CC[C@H](Oc1ccc(F)cc1)C(=O)NCCCc1ccc(F)cc1. The third-order valence-electron chi connectivity index (χ3n) is 3.61. The van der Waals surface area contributed by atoms with Crippen molar-refractivity contribution in [2.45, 2.75) is 32.3 Å². The van der Waals surface area contributed by atoms with Gasteiger partial charge in [-0.3, -0.25) is 4.79 Å². The zero-order valence-electron chi connectivity index (χ0n) is 13.6. The van der Waals surface area contributed by atoms with Crippen LogP contribution in [0.25, 0.3) is 0 Å². The average molecular weight is 333 g/mol. The predicted octanol–water partition coefficient (Wildman–Crippen LogP) is 3.87. The van der Waals surface area contributed by atoms with Crippen molar-refractivity contribution in [3.05, 3.63) is 65.7 Å². The van der Waals surface area contributed by atoms with E-state index in [1.807, 2.05) is 6.92 Å². The van der Waals surface area contributed by atoms with Crippen LogP contribution in [0.5, 0.6) is 5.75 Å². The Labute approximate surface area is 140 Å². The first kappa shape index (κ1) is 17.9. The molecule has 0 unspecified atom stereocenters. The van der Waals surface area contributed by atoms with E-state index in [4.69, 9.17) is 4.74 Å². The van der Waals surface area contributed by atoms with Crippen molar-refractivity contribution in [1.82, 2.24) is 5.32 Å². The van der Waals surface area contributed by atoms with E-state index in [2.05, 4.69) is 5.32 Å². The summed E-state index contributed by atoms with van der Waals surface area (Å²) in [4.78, 5) is 12.1. The van der Waals surface area contributed by atoms with Gasteiger partial charge < -0.3 is 10.1 Å². The molecule has 0 spiro atoms. The molecule has 0 aromatic heterocycles. The molecule has 0 bridgehead atoms. The van der Waals surface area contributed by atoms with Gasteiger partial charge in [-0.1, -0.05) is 19.1 Å². The third kappa shape index (κ3) is 5.65. The first-order chi connectivity index (χ1) is 11.6. The van der Waals surface area contributed by atoms with Crippen LogP contribution in [-0.2, 0) is 11.2 Å². The smallest absolute Gasteiger partial charge is 0.261 e. The Morgan fingerprint density at radius 1 is 1.04 bits per heavy atom. The Morgan fingerprint density at radius 3 is 2.21 bits per heavy atom. The molecule has 2 aromatic carbocycles. The lowest BCUT2D eigenvalue weighted by atomic mass is 10.1. The zero-order valence-corrected chi connectivity index (χ0v) is 13.6. The number of rotatable bonds is 8. The molecule has 1 atom stereocenters. The summed E-state index contributed by atoms with van der Waals surface area (Å²) in [7, 11) is 0. The second kappa shape index (κ2) is 9.01. The van der Waals surface area contributed by atoms with E-state index >= 15 is 0 Å². The van der Waals surface area contributed by atoms with E-state index in [-0.39, 0.29) is 17.5 Å². The number of hydrogen-bond donors (Lipinski definition) is 1. The monoisotopic (exact) mass is 333 g/mol. The maximum atomic E-state index is 12.9. The lowest BCUT2D eigenvalue weighted by molar-refractivity contribution is -0.128. The minimum absolute atomic E-state index is 0.194. The molecule has 0 fully saturated rings. The molecule has 0 heterocycles. The third-order valence-corrected chi connectivity index (χ3v) is 3.61. The summed E-state index contributed by atoms with van der Waals surface area (Å²) in [6, 6.07) is 11.9. The predicted molar refractivity (Wildman–Crippen MR) is 88.8 cm³/mol. The summed E-state index contributed by atoms with van der Waals surface area (Å²) in [5.41, 5.74) is 1.03. The highest BCUT2D eigenvalue weighted by Gasteiger charge is 2.17. The van der Waals surface area contributed by atoms with Gasteiger partial charge in [-0.05, 0) is 61.2 Å². The van der Waals surface area contributed by atoms with Gasteiger partial charge in [0.25, 0.3) is 5.91 Å². The van der Waals surface area contributed by atoms with Gasteiger partial charge in [-0.2, -0.15) is 0 Å². The molecule has 0 radical (unpaired) electrons. The number of nitrogens with one attached hydrogen (secondary N) is 1. The van der Waals surface area contributed by atoms with E-state index in [1.54, 1.807) is 12.1 Å². The second-order valence-corrected chi connectivity index (χ2v) is 5.49. The molecule has 0 saturated carbocycles. The molecule has 5 heteroatoms. The second-order valence-electron chi connectivity index (χ2n) is 5.49. The van der Waals surface area contributed by atoms with Crippen molar-refractivity contribution in [3.63, 3.8) is 0 Å². The van der Waals surface area contributed by atoms with E-state index in [1.165, 1.54) is 36.4 Å². The molecule has 3 nitrogen and oxygen atoms in total. The van der Waals surface area contributed by atoms with Crippen LogP contribution >= 0.6 is 0 Å². The molecule has 1 N–H and O–H groups in total. The molecule has 0 aliphatic carbocycles. The fourth-order valence-electron chi connectivity index (χ4n) is 2.27. The van der Waals surface area contributed by atoms with Gasteiger partial charge in [-0.25, -0.2) is 8.78 Å². The van der Waals surface area contributed by atoms with Gasteiger partial charge in [0, 0.05) is 6.54 Å². The first-order valence-electron chi connectivity index (χ1n) is 8.03. The number of ether oxygens (including phenoxy) is 1. The molecule has 1 amide bonds. The fraction of sp³-hybridized carbons (Fsp3) is 0.316. The van der Waals surface area contributed by atoms with E-state index in [9.17, 15) is 13.6 Å². The van der Waals surface area contributed by atoms with Gasteiger partial charge in [0.05, 0.1) is 0 Å². The highest BCUT2D eigenvalue weighted by Crippen LogP contribution is 2.14. The lowest BCUT2D eigenvalue weighted by Crippen LogP contribution is -2.38. The molecule has 0 aliphatic rings. The van der Waals surface area contributed by atoms with E-state index in [0.29, 0.717) is 18.7 Å². The number of halogens is 2. The molecule has 2 rings (SSSR count). The summed E-state index contributed by atoms with van der Waals surface area (Å²) >= 11 is 0. The number of aryl methyl sites for hydroxylation is 1. The Balaban J connectivity index is 1.75. The van der Waals surface area contributed by atoms with Crippen molar-refractivity contribution >= 4 is 5.91 Å². The van der Waals surface area contributed by atoms with Crippen LogP contribution in [0, 0.1) is 11.6 Å². The average Bonchev–Trinajstić information content (AvgIpc) is 2.59. The van der Waals surface area contributed by atoms with Crippen LogP contribution in [-0.4, -0.2) is 18.6 Å². The summed E-state index contributed by atoms with van der Waals surface area (Å²) in [6.07, 6.45) is 1.42. The van der Waals surface area contributed by atoms with Crippen molar-refractivity contribution in [2.24, 2.45) is 0 Å². The van der Waals surface area contributed by atoms with Gasteiger partial charge in [0.15, 0.2) is 6.10 Å². The molecule has 24 heavy (non-hydrogen) atoms. The summed E-state index contributed by atoms with van der Waals surface area (Å²) in [5.74, 6) is -0.331. The minimum Gasteiger partial charge on any atom is -0.481 e. The maximum Gasteiger partial charge on any atom is 0.261 e. The zero-order chi connectivity index (χ0) is 17.4. The van der Waals surface area contributed by atoms with Crippen molar-refractivity contribution in [1.29, 1.82) is 0 Å². The Kier molecular flexibility index (Phi) is 6.73. The van der Waals surface area contributed by atoms with Crippen LogP contribution in [0.1, 0.15) is 25.3 Å². The summed E-state index contributed by atoms with van der Waals surface area (Å²) < 4.78 is 31.3. The number of amides is 1. The number of carbonyl (C=O) groups is 1. The molecule has 128 valence electrons. The Hall–Kier alpha value is -2.43. The Bertz CT molecular complexity index is 641. The van der Waals surface area contributed by atoms with Crippen LogP contribution in [0.4, 0.5) is 8.78 Å². The number of carbonyl (C=O) groups excluding carboxylic acids is 1. The lowest BCUT2D eigenvalue weighted by Gasteiger charge is -2.17. The standard InChI is InChI=1S/C19H21F2NO2/c1-2-18(24-17-11-9-16(21)10-12-17)19(23)22-13-3-4-14-5-7-15(20)8-6-14/h5-12,18H,2-4,13H2,1H3,(H,22,23)/t18-/m0/s1. The quantitative estimate of drug-likeness (QED) is 0.745. The topological polar surface area (TPSA) is 38.3 Å².